The Morgan fingerprint density at radius 2 is 2.00 bits per heavy atom. The molecule has 1 heterocycles. The number of ether oxygens (including phenoxy) is 2. The molecule has 0 aliphatic rings. The van der Waals surface area contributed by atoms with Gasteiger partial charge in [0.25, 0.3) is 0 Å². The highest BCUT2D eigenvalue weighted by atomic mass is 16.5. The third-order valence-electron chi connectivity index (χ3n) is 2.52. The summed E-state index contributed by atoms with van der Waals surface area (Å²) in [5, 5.41) is 10.9. The Labute approximate surface area is 105 Å². The third-order valence-corrected chi connectivity index (χ3v) is 2.52. The van der Waals surface area contributed by atoms with Crippen LogP contribution >= 0.6 is 0 Å². The molecule has 0 fully saturated rings. The van der Waals surface area contributed by atoms with Crippen molar-refractivity contribution in [3.8, 4) is 22.8 Å². The minimum atomic E-state index is 0.621. The molecular weight excluding hydrogens is 232 g/mol. The van der Waals surface area contributed by atoms with Crippen LogP contribution in [0.25, 0.3) is 11.3 Å². The van der Waals surface area contributed by atoms with Crippen LogP contribution in [0.2, 0.25) is 0 Å². The zero-order valence-corrected chi connectivity index (χ0v) is 10.5. The van der Waals surface area contributed by atoms with Crippen LogP contribution in [0.3, 0.4) is 0 Å². The van der Waals surface area contributed by atoms with E-state index in [-0.39, 0.29) is 0 Å². The number of hydrogen-bond acceptors (Lipinski definition) is 6. The van der Waals surface area contributed by atoms with E-state index in [2.05, 4.69) is 20.5 Å². The molecule has 18 heavy (non-hydrogen) atoms. The van der Waals surface area contributed by atoms with Crippen molar-refractivity contribution in [2.45, 2.75) is 0 Å². The summed E-state index contributed by atoms with van der Waals surface area (Å²) >= 11 is 0. The molecule has 0 unspecified atom stereocenters. The van der Waals surface area contributed by atoms with Crippen molar-refractivity contribution in [1.29, 1.82) is 0 Å². The minimum Gasteiger partial charge on any atom is -0.497 e. The molecule has 2 rings (SSSR count). The highest BCUT2D eigenvalue weighted by Crippen LogP contribution is 2.34. The Morgan fingerprint density at radius 1 is 1.17 bits per heavy atom. The van der Waals surface area contributed by atoms with E-state index >= 15 is 0 Å². The lowest BCUT2D eigenvalue weighted by Crippen LogP contribution is -2.01. The SMILES string of the molecule is CNc1ncnnc1-c1cc(OC)ccc1OC. The molecule has 0 spiro atoms. The van der Waals surface area contributed by atoms with Gasteiger partial charge in [-0.1, -0.05) is 0 Å². The molecule has 0 saturated heterocycles. The molecule has 1 aromatic heterocycles. The van der Waals surface area contributed by atoms with E-state index < -0.39 is 0 Å². The van der Waals surface area contributed by atoms with Crippen LogP contribution in [-0.2, 0) is 0 Å². The first-order valence-electron chi connectivity index (χ1n) is 5.38. The summed E-state index contributed by atoms with van der Waals surface area (Å²) < 4.78 is 10.5. The van der Waals surface area contributed by atoms with Gasteiger partial charge in [-0.2, -0.15) is 0 Å². The minimum absolute atomic E-state index is 0.621. The lowest BCUT2D eigenvalue weighted by atomic mass is 10.1. The summed E-state index contributed by atoms with van der Waals surface area (Å²) in [7, 11) is 4.99. The van der Waals surface area contributed by atoms with Crippen LogP contribution in [0.4, 0.5) is 5.82 Å². The molecule has 0 amide bonds. The molecule has 2 aromatic rings. The topological polar surface area (TPSA) is 69.2 Å². The van der Waals surface area contributed by atoms with Crippen molar-refractivity contribution in [3.05, 3.63) is 24.5 Å². The fourth-order valence-corrected chi connectivity index (χ4v) is 1.64. The van der Waals surface area contributed by atoms with Gasteiger partial charge in [0.2, 0.25) is 0 Å². The predicted molar refractivity (Wildman–Crippen MR) is 67.9 cm³/mol. The first-order valence-corrected chi connectivity index (χ1v) is 5.38. The molecular formula is C12H14N4O2. The van der Waals surface area contributed by atoms with Gasteiger partial charge < -0.3 is 14.8 Å². The van der Waals surface area contributed by atoms with Gasteiger partial charge in [0, 0.05) is 7.05 Å². The van der Waals surface area contributed by atoms with E-state index in [0.717, 1.165) is 11.3 Å². The van der Waals surface area contributed by atoms with Crippen LogP contribution in [0, 0.1) is 0 Å². The van der Waals surface area contributed by atoms with Gasteiger partial charge in [-0.3, -0.25) is 0 Å². The lowest BCUT2D eigenvalue weighted by molar-refractivity contribution is 0.404. The number of aromatic nitrogens is 3. The highest BCUT2D eigenvalue weighted by molar-refractivity contribution is 5.76. The summed E-state index contributed by atoms with van der Waals surface area (Å²) in [6, 6.07) is 5.48. The molecule has 0 aliphatic heterocycles. The number of methoxy groups -OCH3 is 2. The zero-order chi connectivity index (χ0) is 13.0. The van der Waals surface area contributed by atoms with Gasteiger partial charge in [0.15, 0.2) is 5.82 Å². The first kappa shape index (κ1) is 12.1. The number of hydrogen-bond donors (Lipinski definition) is 1. The van der Waals surface area contributed by atoms with Crippen LogP contribution < -0.4 is 14.8 Å². The lowest BCUT2D eigenvalue weighted by Gasteiger charge is -2.11. The van der Waals surface area contributed by atoms with E-state index in [1.54, 1.807) is 21.3 Å². The predicted octanol–water partition coefficient (Wildman–Crippen LogP) is 1.60. The molecule has 0 radical (unpaired) electrons. The summed E-state index contributed by atoms with van der Waals surface area (Å²) in [4.78, 5) is 4.12. The standard InChI is InChI=1S/C12H14N4O2/c1-13-12-11(16-15-7-14-12)9-6-8(17-2)4-5-10(9)18-3/h4-7H,1-3H3,(H,13,14,15). The Kier molecular flexibility index (Phi) is 3.57. The summed E-state index contributed by atoms with van der Waals surface area (Å²) in [5.74, 6) is 2.05. The number of nitrogens with zero attached hydrogens (tertiary/aromatic N) is 3. The van der Waals surface area contributed by atoms with Gasteiger partial charge >= 0.3 is 0 Å². The Hall–Kier alpha value is -2.37. The van der Waals surface area contributed by atoms with Crippen LogP contribution in [0.1, 0.15) is 0 Å². The number of rotatable bonds is 4. The molecule has 1 N–H and O–H groups in total. The van der Waals surface area contributed by atoms with E-state index in [1.807, 2.05) is 18.2 Å². The van der Waals surface area contributed by atoms with Gasteiger partial charge in [0.1, 0.15) is 23.5 Å². The summed E-state index contributed by atoms with van der Waals surface area (Å²) in [6.45, 7) is 0. The second-order valence-electron chi connectivity index (χ2n) is 3.47. The number of nitrogens with one attached hydrogen (secondary N) is 1. The molecule has 0 atom stereocenters. The summed E-state index contributed by atoms with van der Waals surface area (Å²) in [5.41, 5.74) is 1.40. The largest absolute Gasteiger partial charge is 0.497 e. The van der Waals surface area contributed by atoms with Crippen LogP contribution in [0.5, 0.6) is 11.5 Å². The van der Waals surface area contributed by atoms with E-state index in [1.165, 1.54) is 6.33 Å². The van der Waals surface area contributed by atoms with Crippen molar-refractivity contribution in [2.75, 3.05) is 26.6 Å². The van der Waals surface area contributed by atoms with Crippen molar-refractivity contribution >= 4 is 5.82 Å². The van der Waals surface area contributed by atoms with Gasteiger partial charge in [-0.25, -0.2) is 4.98 Å². The second-order valence-corrected chi connectivity index (χ2v) is 3.47. The maximum Gasteiger partial charge on any atom is 0.156 e. The quantitative estimate of drug-likeness (QED) is 0.883. The van der Waals surface area contributed by atoms with Gasteiger partial charge in [-0.05, 0) is 18.2 Å². The fraction of sp³-hybridized carbons (Fsp3) is 0.250. The summed E-state index contributed by atoms with van der Waals surface area (Å²) in [6.07, 6.45) is 1.39. The average Bonchev–Trinajstić information content (AvgIpc) is 2.46. The first-order chi connectivity index (χ1) is 8.80. The van der Waals surface area contributed by atoms with Crippen LogP contribution in [0.15, 0.2) is 24.5 Å². The van der Waals surface area contributed by atoms with E-state index in [9.17, 15) is 0 Å². The molecule has 0 saturated carbocycles. The van der Waals surface area contributed by atoms with Gasteiger partial charge in [0.05, 0.1) is 19.8 Å². The monoisotopic (exact) mass is 246 g/mol. The maximum atomic E-state index is 5.32. The normalized spacial score (nSPS) is 9.94. The number of benzene rings is 1. The zero-order valence-electron chi connectivity index (χ0n) is 10.5. The molecule has 94 valence electrons. The van der Waals surface area contributed by atoms with Gasteiger partial charge in [-0.15, -0.1) is 10.2 Å². The van der Waals surface area contributed by atoms with Crippen molar-refractivity contribution in [3.63, 3.8) is 0 Å². The Morgan fingerprint density at radius 3 is 2.67 bits per heavy atom. The number of anilines is 1. The maximum absolute atomic E-state index is 5.32. The smallest absolute Gasteiger partial charge is 0.156 e. The van der Waals surface area contributed by atoms with E-state index in [0.29, 0.717) is 17.3 Å². The Bertz CT molecular complexity index is 545. The van der Waals surface area contributed by atoms with Crippen molar-refractivity contribution in [1.82, 2.24) is 15.2 Å². The van der Waals surface area contributed by atoms with Crippen molar-refractivity contribution < 1.29 is 9.47 Å². The van der Waals surface area contributed by atoms with E-state index in [4.69, 9.17) is 9.47 Å². The molecule has 6 heteroatoms. The van der Waals surface area contributed by atoms with Crippen LogP contribution in [-0.4, -0.2) is 36.4 Å². The fourth-order valence-electron chi connectivity index (χ4n) is 1.64. The second kappa shape index (κ2) is 5.31. The highest BCUT2D eigenvalue weighted by Gasteiger charge is 2.14. The average molecular weight is 246 g/mol. The molecule has 6 nitrogen and oxygen atoms in total. The van der Waals surface area contributed by atoms with Crippen molar-refractivity contribution in [2.24, 2.45) is 0 Å². The Balaban J connectivity index is 2.60. The third kappa shape index (κ3) is 2.17. The molecule has 0 bridgehead atoms. The molecule has 0 aliphatic carbocycles. The molecule has 1 aromatic carbocycles.